The summed E-state index contributed by atoms with van der Waals surface area (Å²) >= 11 is 0. The number of hydrogen-bond donors (Lipinski definition) is 0. The third-order valence-electron chi connectivity index (χ3n) is 15.7. The third-order valence-corrected chi connectivity index (χ3v) is 33.9. The molecule has 0 saturated carbocycles. The molecule has 0 radical (unpaired) electrons. The highest BCUT2D eigenvalue weighted by Gasteiger charge is 2.36. The zero-order valence-electron chi connectivity index (χ0n) is 57.7. The Morgan fingerprint density at radius 1 is 0.580 bits per heavy atom. The second-order valence-electron chi connectivity index (χ2n) is 28.1. The molecular formula is C64H110N6O14Si4. The smallest absolute Gasteiger partial charge is 0.303 e. The lowest BCUT2D eigenvalue weighted by molar-refractivity contribution is -0.150. The number of terminal acetylenes is 1. The van der Waals surface area contributed by atoms with Crippen molar-refractivity contribution >= 4 is 44.2 Å². The number of hydrogen-bond acceptors (Lipinski definition) is 17. The second-order valence-corrected chi connectivity index (χ2v) is 48.1. The quantitative estimate of drug-likeness (QED) is 0.0129. The van der Waals surface area contributed by atoms with Crippen molar-refractivity contribution in [3.05, 3.63) is 22.3 Å². The van der Waals surface area contributed by atoms with Gasteiger partial charge in [-0.2, -0.15) is 0 Å². The minimum atomic E-state index is -1.65. The molecule has 5 rings (SSSR count). The average Bonchev–Trinajstić information content (AvgIpc) is 2.92. The molecule has 88 heavy (non-hydrogen) atoms. The first-order valence-electron chi connectivity index (χ1n) is 30.4. The van der Waals surface area contributed by atoms with Crippen molar-refractivity contribution in [2.45, 2.75) is 219 Å². The molecule has 20 nitrogen and oxygen atoms in total. The van der Waals surface area contributed by atoms with E-state index >= 15 is 0 Å². The number of epoxide rings is 4. The molecule has 0 aromatic carbocycles. The summed E-state index contributed by atoms with van der Waals surface area (Å²) in [5.41, 5.74) is 22.6. The zero-order valence-corrected chi connectivity index (χ0v) is 61.7. The molecule has 0 spiro atoms. The van der Waals surface area contributed by atoms with Crippen LogP contribution < -0.4 is 0 Å². The first kappa shape index (κ1) is 81.7. The van der Waals surface area contributed by atoms with Gasteiger partial charge in [0, 0.05) is 18.8 Å². The summed E-state index contributed by atoms with van der Waals surface area (Å²) in [6.45, 7) is 57.0. The zero-order chi connectivity index (χ0) is 66.9. The van der Waals surface area contributed by atoms with Gasteiger partial charge >= 0.3 is 11.9 Å². The largest absolute Gasteiger partial charge is 0.460 e. The molecule has 0 N–H and O–H groups in total. The van der Waals surface area contributed by atoms with Crippen LogP contribution >= 0.6 is 0 Å². The van der Waals surface area contributed by atoms with Gasteiger partial charge in [-0.15, -0.1) is 33.7 Å². The van der Waals surface area contributed by atoms with Crippen molar-refractivity contribution in [3.8, 4) is 58.2 Å². The van der Waals surface area contributed by atoms with Gasteiger partial charge in [0.15, 0.2) is 0 Å². The molecule has 4 aliphatic heterocycles. The molecule has 0 amide bonds. The lowest BCUT2D eigenvalue weighted by Gasteiger charge is -2.31. The molecule has 4 aliphatic rings. The van der Waals surface area contributed by atoms with Crippen LogP contribution in [0.25, 0.3) is 10.4 Å². The van der Waals surface area contributed by atoms with Gasteiger partial charge < -0.3 is 56.8 Å². The average molecular weight is 1300 g/mol. The van der Waals surface area contributed by atoms with Crippen LogP contribution in [0.2, 0.25) is 72.5 Å². The van der Waals surface area contributed by atoms with E-state index in [0.29, 0.717) is 100 Å². The number of esters is 2. The Morgan fingerprint density at radius 2 is 0.898 bits per heavy atom. The van der Waals surface area contributed by atoms with Crippen molar-refractivity contribution in [2.24, 2.45) is 5.11 Å². The van der Waals surface area contributed by atoms with E-state index in [1.807, 2.05) is 0 Å². The van der Waals surface area contributed by atoms with E-state index in [1.165, 1.54) is 13.8 Å². The van der Waals surface area contributed by atoms with E-state index in [9.17, 15) is 9.59 Å². The summed E-state index contributed by atoms with van der Waals surface area (Å²) in [4.78, 5) is 25.0. The highest BCUT2D eigenvalue weighted by molar-refractivity contribution is 6.88. The number of azide groups is 1. The number of carbonyl (C=O) groups is 2. The Balaban J connectivity index is 0.000000580. The fourth-order valence-electron chi connectivity index (χ4n) is 5.49. The van der Waals surface area contributed by atoms with Crippen molar-refractivity contribution in [3.63, 3.8) is 0 Å². The lowest BCUT2D eigenvalue weighted by atomic mass is 10.2. The van der Waals surface area contributed by atoms with E-state index in [-0.39, 0.29) is 48.5 Å². The van der Waals surface area contributed by atoms with Gasteiger partial charge in [0.2, 0.25) is 0 Å². The molecular weight excluding hydrogens is 1190 g/mol. The van der Waals surface area contributed by atoms with E-state index in [1.54, 1.807) is 10.9 Å². The van der Waals surface area contributed by atoms with Crippen LogP contribution in [0.4, 0.5) is 0 Å². The van der Waals surface area contributed by atoms with Gasteiger partial charge in [0.05, 0.1) is 92.0 Å². The predicted molar refractivity (Wildman–Crippen MR) is 357 cm³/mol. The lowest BCUT2D eigenvalue weighted by Crippen LogP contribution is -2.35. The van der Waals surface area contributed by atoms with Crippen LogP contribution in [0, 0.1) is 58.2 Å². The fourth-order valence-corrected chi connectivity index (χ4v) is 9.05. The van der Waals surface area contributed by atoms with E-state index in [0.717, 1.165) is 26.4 Å². The molecule has 24 heteroatoms. The molecule has 496 valence electrons. The maximum atomic E-state index is 11.4. The van der Waals surface area contributed by atoms with E-state index < -0.39 is 50.5 Å². The van der Waals surface area contributed by atoms with Gasteiger partial charge in [-0.3, -0.25) is 9.59 Å². The first-order chi connectivity index (χ1) is 40.8. The Kier molecular flexibility index (Phi) is 36.9. The van der Waals surface area contributed by atoms with Crippen molar-refractivity contribution in [1.82, 2.24) is 15.0 Å². The third kappa shape index (κ3) is 39.7. The van der Waals surface area contributed by atoms with Crippen molar-refractivity contribution < 1.29 is 66.4 Å². The SMILES string of the molecule is C#CCOC[C@@H]1CO1.CC(=O)O[C@@H](COCC#C[Si](C)(C)C(C)(C)C)Cn1cc(COC[C@@H]2CO2)nn1.CC(=O)O[C@H](CN=[N+]=[N-])COCC#C[Si](C)(C)C(C)(C)C.CC(C)(C)[Si](C)(C)C#CCOC[C@@H]1CO1.CC(C)(C)[Si](C)(C)C#CCOC[C@H]1CO1. The highest BCUT2D eigenvalue weighted by atomic mass is 28.3. The number of carbonyl (C=O) groups excluding carboxylic acids is 2. The minimum Gasteiger partial charge on any atom is -0.460 e. The number of nitrogens with zero attached hydrogens (tertiary/aromatic N) is 6. The first-order valence-corrected chi connectivity index (χ1v) is 42.4. The van der Waals surface area contributed by atoms with Crippen LogP contribution in [0.1, 0.15) is 103 Å². The van der Waals surface area contributed by atoms with Crippen LogP contribution in [-0.2, 0) is 79.6 Å². The standard InChI is InChI=1S/C20H33N3O5Si.C14H25N3O3Si.2C12H22O2Si.C6H8O2/c1-16(24)28-18(13-25-8-7-9-29(5,6)20(2,3)4)11-23-10-17(21-22-23)12-26-14-19-15-27-19;1-12(18)20-13(10-16-17-15)11-19-8-7-9-21(5,6)14(2,3)4;2*1-12(2,3)15(4,5)8-6-7-13-9-11-10-14-11;1-2-3-7-4-6-5-8-6/h10,18-19H,8,11-15H2,1-6H3;13H,8,10-11H2,1-6H3;2*11H,7,9-10H2,1-5H3;1,6H,3-5H2/t18-,19-;13-;2*11-;6-/m11101/s1. The molecule has 4 saturated heterocycles. The Labute approximate surface area is 533 Å². The summed E-state index contributed by atoms with van der Waals surface area (Å²) in [5, 5.41) is 12.6. The Bertz CT molecular complexity index is 2520. The van der Waals surface area contributed by atoms with Gasteiger partial charge in [0.1, 0.15) is 108 Å². The summed E-state index contributed by atoms with van der Waals surface area (Å²) in [6.07, 6.45) is 6.92. The van der Waals surface area contributed by atoms with Crippen LogP contribution in [0.3, 0.4) is 0 Å². The number of rotatable bonds is 25. The summed E-state index contributed by atoms with van der Waals surface area (Å²) in [5.74, 6) is 14.1. The van der Waals surface area contributed by atoms with Gasteiger partial charge in [-0.25, -0.2) is 4.68 Å². The van der Waals surface area contributed by atoms with Crippen molar-refractivity contribution in [2.75, 3.05) is 106 Å². The maximum absolute atomic E-state index is 11.4. The van der Waals surface area contributed by atoms with E-state index in [2.05, 4.69) is 208 Å². The van der Waals surface area contributed by atoms with E-state index in [4.69, 9.17) is 68.8 Å². The van der Waals surface area contributed by atoms with Gasteiger partial charge in [-0.1, -0.05) is 175 Å². The topological polar surface area (TPSA) is 238 Å². The maximum Gasteiger partial charge on any atom is 0.303 e. The predicted octanol–water partition coefficient (Wildman–Crippen LogP) is 10.4. The molecule has 1 aromatic rings. The molecule has 0 bridgehead atoms. The van der Waals surface area contributed by atoms with Gasteiger partial charge in [-0.05, 0) is 25.7 Å². The normalized spacial score (nSPS) is 18.1. The summed E-state index contributed by atoms with van der Waals surface area (Å²) in [7, 11) is -6.15. The molecule has 6 atom stereocenters. The van der Waals surface area contributed by atoms with Gasteiger partial charge in [0.25, 0.3) is 0 Å². The monoisotopic (exact) mass is 1300 g/mol. The Morgan fingerprint density at radius 3 is 1.22 bits per heavy atom. The van der Waals surface area contributed by atoms with Crippen molar-refractivity contribution in [1.29, 1.82) is 0 Å². The second kappa shape index (κ2) is 39.8. The molecule has 0 unspecified atom stereocenters. The summed E-state index contributed by atoms with van der Waals surface area (Å²) in [6, 6.07) is 0. The number of aromatic nitrogens is 3. The Hall–Kier alpha value is -4.34. The number of ether oxygens (including phenoxy) is 12. The van der Waals surface area contributed by atoms with Crippen LogP contribution in [0.15, 0.2) is 11.3 Å². The molecule has 5 heterocycles. The molecule has 1 aromatic heterocycles. The highest BCUT2D eigenvalue weighted by Crippen LogP contribution is 2.37. The fraction of sp³-hybridized carbons (Fsp3) is 0.781. The van der Waals surface area contributed by atoms with Crippen LogP contribution in [-0.4, -0.2) is 201 Å². The molecule has 0 aliphatic carbocycles. The minimum absolute atomic E-state index is 0.0613. The summed E-state index contributed by atoms with van der Waals surface area (Å²) < 4.78 is 64.3. The molecule has 4 fully saturated rings. The van der Waals surface area contributed by atoms with Crippen LogP contribution in [0.5, 0.6) is 0 Å².